The molecule has 0 fully saturated rings. The molecule has 0 aliphatic heterocycles. The first-order valence-electron chi connectivity index (χ1n) is 5.73. The third-order valence-corrected chi connectivity index (χ3v) is 3.70. The second-order valence-corrected chi connectivity index (χ2v) is 5.71. The fraction of sp³-hybridized carbons (Fsp3) is 0.667. The molecule has 0 bridgehead atoms. The van der Waals surface area contributed by atoms with E-state index in [0.717, 1.165) is 5.75 Å². The molecule has 0 amide bonds. The van der Waals surface area contributed by atoms with E-state index in [1.807, 2.05) is 19.4 Å². The Hall–Kier alpha value is -0.970. The maximum atomic E-state index is 11.1. The zero-order valence-corrected chi connectivity index (χ0v) is 11.7. The van der Waals surface area contributed by atoms with E-state index in [9.17, 15) is 4.79 Å². The van der Waals surface area contributed by atoms with Crippen molar-refractivity contribution in [1.29, 1.82) is 0 Å². The van der Waals surface area contributed by atoms with Crippen LogP contribution in [0.5, 0.6) is 0 Å². The molecule has 0 saturated heterocycles. The summed E-state index contributed by atoms with van der Waals surface area (Å²) >= 11 is 1.75. The number of carbonyl (C=O) groups is 1. The standard InChI is InChI=1S/C12H20N2O2S/c1-9(2)14-8-13-6-11(14)7-17-10(3)5-12(15)16-4/h6,8-10H,5,7H2,1-4H3. The third-order valence-electron chi connectivity index (χ3n) is 2.50. The topological polar surface area (TPSA) is 44.1 Å². The highest BCUT2D eigenvalue weighted by atomic mass is 32.2. The summed E-state index contributed by atoms with van der Waals surface area (Å²) in [6.45, 7) is 6.30. The number of nitrogens with zero attached hydrogens (tertiary/aromatic N) is 2. The highest BCUT2D eigenvalue weighted by molar-refractivity contribution is 7.99. The molecule has 0 aliphatic carbocycles. The molecule has 4 nitrogen and oxygen atoms in total. The molecule has 1 aromatic rings. The molecule has 5 heteroatoms. The van der Waals surface area contributed by atoms with Crippen molar-refractivity contribution in [3.63, 3.8) is 0 Å². The van der Waals surface area contributed by atoms with Gasteiger partial charge in [-0.1, -0.05) is 6.92 Å². The fourth-order valence-electron chi connectivity index (χ4n) is 1.51. The van der Waals surface area contributed by atoms with Gasteiger partial charge in [0.05, 0.1) is 19.9 Å². The summed E-state index contributed by atoms with van der Waals surface area (Å²) in [6.07, 6.45) is 4.19. The maximum absolute atomic E-state index is 11.1. The van der Waals surface area contributed by atoms with Crippen molar-refractivity contribution in [3.05, 3.63) is 18.2 Å². The molecule has 0 aliphatic rings. The first-order chi connectivity index (χ1) is 8.04. The van der Waals surface area contributed by atoms with Gasteiger partial charge in [0.15, 0.2) is 0 Å². The minimum Gasteiger partial charge on any atom is -0.469 e. The summed E-state index contributed by atoms with van der Waals surface area (Å²) < 4.78 is 6.80. The Morgan fingerprint density at radius 1 is 1.53 bits per heavy atom. The Morgan fingerprint density at radius 2 is 2.24 bits per heavy atom. The van der Waals surface area contributed by atoms with Gasteiger partial charge in [0.2, 0.25) is 0 Å². The van der Waals surface area contributed by atoms with E-state index >= 15 is 0 Å². The molecule has 1 unspecified atom stereocenters. The van der Waals surface area contributed by atoms with Crippen molar-refractivity contribution in [3.8, 4) is 0 Å². The van der Waals surface area contributed by atoms with Gasteiger partial charge in [-0.3, -0.25) is 4.79 Å². The van der Waals surface area contributed by atoms with Gasteiger partial charge < -0.3 is 9.30 Å². The van der Waals surface area contributed by atoms with E-state index < -0.39 is 0 Å². The average Bonchev–Trinajstić information content (AvgIpc) is 2.74. The maximum Gasteiger partial charge on any atom is 0.306 e. The molecule has 0 aromatic carbocycles. The Morgan fingerprint density at radius 3 is 2.82 bits per heavy atom. The summed E-state index contributed by atoms with van der Waals surface area (Å²) in [4.78, 5) is 15.3. The average molecular weight is 256 g/mol. The van der Waals surface area contributed by atoms with Crippen molar-refractivity contribution in [2.45, 2.75) is 44.2 Å². The van der Waals surface area contributed by atoms with Crippen molar-refractivity contribution < 1.29 is 9.53 Å². The highest BCUT2D eigenvalue weighted by Crippen LogP contribution is 2.21. The van der Waals surface area contributed by atoms with Crippen molar-refractivity contribution >= 4 is 17.7 Å². The number of aromatic nitrogens is 2. The van der Waals surface area contributed by atoms with E-state index in [1.165, 1.54) is 12.8 Å². The van der Waals surface area contributed by atoms with E-state index in [-0.39, 0.29) is 11.2 Å². The number of hydrogen-bond acceptors (Lipinski definition) is 4. The number of ether oxygens (including phenoxy) is 1. The van der Waals surface area contributed by atoms with E-state index in [4.69, 9.17) is 0 Å². The smallest absolute Gasteiger partial charge is 0.306 e. The predicted molar refractivity (Wildman–Crippen MR) is 70.0 cm³/mol. The quantitative estimate of drug-likeness (QED) is 0.734. The normalized spacial score (nSPS) is 12.8. The number of esters is 1. The van der Waals surface area contributed by atoms with Crippen LogP contribution >= 0.6 is 11.8 Å². The predicted octanol–water partition coefficient (Wildman–Crippen LogP) is 2.65. The third kappa shape index (κ3) is 4.42. The number of carbonyl (C=O) groups excluding carboxylic acids is 1. The van der Waals surface area contributed by atoms with Crippen LogP contribution in [0.4, 0.5) is 0 Å². The van der Waals surface area contributed by atoms with Crippen LogP contribution in [-0.4, -0.2) is 27.9 Å². The van der Waals surface area contributed by atoms with Crippen LogP contribution in [0.15, 0.2) is 12.5 Å². The lowest BCUT2D eigenvalue weighted by molar-refractivity contribution is -0.140. The molecule has 1 rings (SSSR count). The SMILES string of the molecule is COC(=O)CC(C)SCc1cncn1C(C)C. The van der Waals surface area contributed by atoms with Crippen LogP contribution in [0.25, 0.3) is 0 Å². The van der Waals surface area contributed by atoms with Gasteiger partial charge in [0, 0.05) is 28.9 Å². The lowest BCUT2D eigenvalue weighted by Gasteiger charge is -2.13. The zero-order chi connectivity index (χ0) is 12.8. The Bertz CT molecular complexity index is 363. The lowest BCUT2D eigenvalue weighted by Crippen LogP contribution is -2.10. The Labute approximate surface area is 107 Å². The highest BCUT2D eigenvalue weighted by Gasteiger charge is 2.12. The number of rotatable bonds is 6. The second kappa shape index (κ2) is 6.69. The molecule has 0 saturated carbocycles. The number of imidazole rings is 1. The van der Waals surface area contributed by atoms with Crippen LogP contribution in [0.1, 0.15) is 38.9 Å². The molecule has 0 radical (unpaired) electrons. The largest absolute Gasteiger partial charge is 0.469 e. The van der Waals surface area contributed by atoms with Gasteiger partial charge in [0.25, 0.3) is 0 Å². The first-order valence-corrected chi connectivity index (χ1v) is 6.78. The van der Waals surface area contributed by atoms with Crippen molar-refractivity contribution in [2.75, 3.05) is 7.11 Å². The van der Waals surface area contributed by atoms with Gasteiger partial charge >= 0.3 is 5.97 Å². The Balaban J connectivity index is 2.44. The van der Waals surface area contributed by atoms with Crippen LogP contribution in [0, 0.1) is 0 Å². The van der Waals surface area contributed by atoms with Crippen LogP contribution in [-0.2, 0) is 15.3 Å². The molecule has 1 aromatic heterocycles. The van der Waals surface area contributed by atoms with Crippen LogP contribution < -0.4 is 0 Å². The summed E-state index contributed by atoms with van der Waals surface area (Å²) in [5.74, 6) is 0.721. The summed E-state index contributed by atoms with van der Waals surface area (Å²) in [5, 5.41) is 0.262. The number of methoxy groups -OCH3 is 1. The van der Waals surface area contributed by atoms with E-state index in [1.54, 1.807) is 11.8 Å². The summed E-state index contributed by atoms with van der Waals surface area (Å²) in [7, 11) is 1.42. The molecule has 96 valence electrons. The molecule has 0 N–H and O–H groups in total. The van der Waals surface area contributed by atoms with Gasteiger partial charge in [-0.25, -0.2) is 4.98 Å². The fourth-order valence-corrected chi connectivity index (χ4v) is 2.45. The zero-order valence-electron chi connectivity index (χ0n) is 10.8. The van der Waals surface area contributed by atoms with Crippen molar-refractivity contribution in [1.82, 2.24) is 9.55 Å². The molecular weight excluding hydrogens is 236 g/mol. The molecular formula is C12H20N2O2S. The monoisotopic (exact) mass is 256 g/mol. The number of thioether (sulfide) groups is 1. The first kappa shape index (κ1) is 14.1. The lowest BCUT2D eigenvalue weighted by atomic mass is 10.3. The van der Waals surface area contributed by atoms with Crippen LogP contribution in [0.3, 0.4) is 0 Å². The summed E-state index contributed by atoms with van der Waals surface area (Å²) in [6, 6.07) is 0.420. The van der Waals surface area contributed by atoms with Crippen LogP contribution in [0.2, 0.25) is 0 Å². The Kier molecular flexibility index (Phi) is 5.55. The second-order valence-electron chi connectivity index (χ2n) is 4.29. The summed E-state index contributed by atoms with van der Waals surface area (Å²) in [5.41, 5.74) is 1.20. The van der Waals surface area contributed by atoms with Gasteiger partial charge in [0.1, 0.15) is 0 Å². The minimum absolute atomic E-state index is 0.151. The number of hydrogen-bond donors (Lipinski definition) is 0. The van der Waals surface area contributed by atoms with Gasteiger partial charge in [-0.2, -0.15) is 11.8 Å². The van der Waals surface area contributed by atoms with E-state index in [0.29, 0.717) is 12.5 Å². The minimum atomic E-state index is -0.151. The van der Waals surface area contributed by atoms with Gasteiger partial charge in [-0.15, -0.1) is 0 Å². The molecule has 17 heavy (non-hydrogen) atoms. The van der Waals surface area contributed by atoms with Gasteiger partial charge in [-0.05, 0) is 13.8 Å². The molecule has 1 atom stereocenters. The molecule has 1 heterocycles. The molecule has 0 spiro atoms. The van der Waals surface area contributed by atoms with Crippen molar-refractivity contribution in [2.24, 2.45) is 0 Å². The van der Waals surface area contributed by atoms with E-state index in [2.05, 4.69) is 28.1 Å².